The minimum Gasteiger partial charge on any atom is -0.309 e. The Hall–Kier alpha value is -7.04. The second-order valence-corrected chi connectivity index (χ2v) is 14.1. The molecule has 3 heterocycles. The van der Waals surface area contributed by atoms with Crippen LogP contribution in [0.5, 0.6) is 0 Å². The first-order valence-corrected chi connectivity index (χ1v) is 18.6. The summed E-state index contributed by atoms with van der Waals surface area (Å²) in [4.78, 5) is 10.3. The number of benzene rings is 7. The molecule has 0 bridgehead atoms. The topological polar surface area (TPSA) is 35.6 Å². The van der Waals surface area contributed by atoms with Gasteiger partial charge >= 0.3 is 0 Å². The van der Waals surface area contributed by atoms with Crippen LogP contribution in [-0.2, 0) is 0 Å². The number of hydrogen-bond acceptors (Lipinski definition) is 2. The van der Waals surface area contributed by atoms with Crippen LogP contribution in [0, 0.1) is 0 Å². The molecule has 0 saturated heterocycles. The molecule has 4 nitrogen and oxygen atoms in total. The Morgan fingerprint density at radius 1 is 0.352 bits per heavy atom. The second kappa shape index (κ2) is 12.3. The van der Waals surface area contributed by atoms with E-state index in [0.29, 0.717) is 0 Å². The fourth-order valence-electron chi connectivity index (χ4n) is 8.50. The molecule has 0 N–H and O–H groups in total. The van der Waals surface area contributed by atoms with E-state index in [1.807, 2.05) is 0 Å². The third-order valence-electron chi connectivity index (χ3n) is 11.1. The summed E-state index contributed by atoms with van der Waals surface area (Å²) in [5.41, 5.74) is 13.9. The lowest BCUT2D eigenvalue weighted by Gasteiger charge is -2.17. The zero-order valence-corrected chi connectivity index (χ0v) is 29.5. The van der Waals surface area contributed by atoms with Crippen LogP contribution in [0.1, 0.15) is 24.2 Å². The van der Waals surface area contributed by atoms with Crippen molar-refractivity contribution < 1.29 is 0 Å². The van der Waals surface area contributed by atoms with Crippen LogP contribution in [0.25, 0.3) is 88.3 Å². The normalized spacial score (nSPS) is 13.3. The Morgan fingerprint density at radius 2 is 0.759 bits per heavy atom. The van der Waals surface area contributed by atoms with Crippen LogP contribution < -0.4 is 0 Å². The molecule has 0 radical (unpaired) electrons. The highest BCUT2D eigenvalue weighted by Crippen LogP contribution is 2.37. The lowest BCUT2D eigenvalue weighted by molar-refractivity contribution is 1.03. The number of hydrogen-bond donors (Lipinski definition) is 0. The number of nitrogens with zero attached hydrogens (tertiary/aromatic N) is 4. The summed E-state index contributed by atoms with van der Waals surface area (Å²) < 4.78 is 4.72. The minimum atomic E-state index is 0.798. The average molecular weight is 691 g/mol. The highest BCUT2D eigenvalue weighted by molar-refractivity contribution is 6.10. The molecule has 0 saturated carbocycles. The summed E-state index contributed by atoms with van der Waals surface area (Å²) in [6, 6.07) is 60.8. The Bertz CT molecular complexity index is 3030. The lowest BCUT2D eigenvalue weighted by Crippen LogP contribution is -2.02. The van der Waals surface area contributed by atoms with Gasteiger partial charge < -0.3 is 9.13 Å². The molecule has 1 aliphatic carbocycles. The molecule has 0 fully saturated rings. The van der Waals surface area contributed by atoms with Gasteiger partial charge in [0.15, 0.2) is 5.82 Å². The smallest absolute Gasteiger partial charge is 0.156 e. The molecular formula is C50H34N4. The van der Waals surface area contributed by atoms with Gasteiger partial charge in [0.05, 0.1) is 33.3 Å². The van der Waals surface area contributed by atoms with Gasteiger partial charge in [-0.3, -0.25) is 0 Å². The van der Waals surface area contributed by atoms with Crippen molar-refractivity contribution in [3.8, 4) is 22.6 Å². The van der Waals surface area contributed by atoms with Crippen LogP contribution in [0.2, 0.25) is 0 Å². The summed E-state index contributed by atoms with van der Waals surface area (Å²) >= 11 is 0. The zero-order valence-electron chi connectivity index (χ0n) is 29.5. The number of rotatable bonds is 5. The second-order valence-electron chi connectivity index (χ2n) is 14.1. The van der Waals surface area contributed by atoms with Gasteiger partial charge in [0, 0.05) is 43.9 Å². The Balaban J connectivity index is 0.929. The molecule has 54 heavy (non-hydrogen) atoms. The van der Waals surface area contributed by atoms with E-state index >= 15 is 0 Å². The molecule has 0 spiro atoms. The lowest BCUT2D eigenvalue weighted by atomic mass is 9.92. The fourth-order valence-corrected chi connectivity index (χ4v) is 8.50. The zero-order chi connectivity index (χ0) is 35.6. The van der Waals surface area contributed by atoms with E-state index in [0.717, 1.165) is 52.1 Å². The number of para-hydroxylation sites is 5. The van der Waals surface area contributed by atoms with Crippen LogP contribution in [0.3, 0.4) is 0 Å². The number of fused-ring (bicyclic) bond motifs is 7. The van der Waals surface area contributed by atoms with Crippen molar-refractivity contribution in [3.63, 3.8) is 0 Å². The number of aromatic nitrogens is 4. The van der Waals surface area contributed by atoms with Gasteiger partial charge in [0.1, 0.15) is 0 Å². The van der Waals surface area contributed by atoms with E-state index in [1.165, 1.54) is 60.4 Å². The van der Waals surface area contributed by atoms with Crippen LogP contribution >= 0.6 is 0 Å². The molecule has 3 aromatic heterocycles. The van der Waals surface area contributed by atoms with E-state index in [1.54, 1.807) is 0 Å². The maximum absolute atomic E-state index is 5.26. The van der Waals surface area contributed by atoms with Gasteiger partial charge in [-0.15, -0.1) is 0 Å². The van der Waals surface area contributed by atoms with Crippen molar-refractivity contribution in [1.82, 2.24) is 19.1 Å². The largest absolute Gasteiger partial charge is 0.309 e. The molecule has 10 aromatic rings. The molecule has 0 aliphatic heterocycles. The van der Waals surface area contributed by atoms with Gasteiger partial charge in [-0.05, 0) is 84.1 Å². The van der Waals surface area contributed by atoms with Crippen molar-refractivity contribution in [1.29, 1.82) is 0 Å². The summed E-state index contributed by atoms with van der Waals surface area (Å²) in [5.74, 6) is 0.798. The van der Waals surface area contributed by atoms with E-state index in [2.05, 4.69) is 191 Å². The third-order valence-corrected chi connectivity index (χ3v) is 11.1. The monoisotopic (exact) mass is 690 g/mol. The molecule has 0 unspecified atom stereocenters. The van der Waals surface area contributed by atoms with Crippen LogP contribution in [-0.4, -0.2) is 19.1 Å². The van der Waals surface area contributed by atoms with Crippen LogP contribution in [0.4, 0.5) is 0 Å². The molecule has 7 aromatic carbocycles. The highest BCUT2D eigenvalue weighted by Gasteiger charge is 2.18. The maximum atomic E-state index is 5.26. The third kappa shape index (κ3) is 4.84. The standard InChI is InChI=1S/C50H34N4/c1-6-16-44-43(15-1)49(35-27-31-38(32-28-35)54-47-19-9-4-13-41(47)42-14-5-10-20-48(42)54)52-50(51-44)36-23-21-33(22-24-36)34-25-29-37(30-26-34)53-45-17-7-2-11-39(45)40-12-3-8-18-46(40)53/h1-21,23,25-32H,22,24H2. The SMILES string of the molecule is C1=C(c2ccc(-n3c4ccccc4c4ccccc43)cc2)CCC(c2nc(-c3ccc(-n4c5ccccc5c5ccccc54)cc3)c3ccccc3n2)=C1. The molecule has 0 atom stereocenters. The van der Waals surface area contributed by atoms with Gasteiger partial charge in [-0.25, -0.2) is 9.97 Å². The van der Waals surface area contributed by atoms with Gasteiger partial charge in [0.25, 0.3) is 0 Å². The predicted octanol–water partition coefficient (Wildman–Crippen LogP) is 12.8. The van der Waals surface area contributed by atoms with Crippen LogP contribution in [0.15, 0.2) is 182 Å². The summed E-state index contributed by atoms with van der Waals surface area (Å²) in [6.45, 7) is 0. The predicted molar refractivity (Wildman–Crippen MR) is 225 cm³/mol. The quantitative estimate of drug-likeness (QED) is 0.180. The Labute approximate surface area is 312 Å². The molecule has 1 aliphatic rings. The summed E-state index contributed by atoms with van der Waals surface area (Å²) in [5, 5.41) is 6.14. The fraction of sp³-hybridized carbons (Fsp3) is 0.0400. The average Bonchev–Trinajstić information content (AvgIpc) is 3.77. The Kier molecular flexibility index (Phi) is 6.96. The van der Waals surface area contributed by atoms with Gasteiger partial charge in [-0.2, -0.15) is 0 Å². The Morgan fingerprint density at radius 3 is 1.24 bits per heavy atom. The summed E-state index contributed by atoms with van der Waals surface area (Å²) in [6.07, 6.45) is 6.29. The highest BCUT2D eigenvalue weighted by atomic mass is 15.0. The first-order chi connectivity index (χ1) is 26.8. The van der Waals surface area contributed by atoms with Gasteiger partial charge in [0.2, 0.25) is 0 Å². The van der Waals surface area contributed by atoms with Gasteiger partial charge in [-0.1, -0.05) is 127 Å². The van der Waals surface area contributed by atoms with Crippen molar-refractivity contribution >= 4 is 65.7 Å². The molecule has 11 rings (SSSR count). The van der Waals surface area contributed by atoms with Crippen molar-refractivity contribution in [2.75, 3.05) is 0 Å². The molecule has 0 amide bonds. The van der Waals surface area contributed by atoms with E-state index in [4.69, 9.17) is 9.97 Å². The van der Waals surface area contributed by atoms with E-state index in [-0.39, 0.29) is 0 Å². The van der Waals surface area contributed by atoms with E-state index in [9.17, 15) is 0 Å². The molecule has 254 valence electrons. The van der Waals surface area contributed by atoms with Crippen molar-refractivity contribution in [2.45, 2.75) is 12.8 Å². The first-order valence-electron chi connectivity index (χ1n) is 18.6. The number of allylic oxidation sites excluding steroid dienone is 4. The van der Waals surface area contributed by atoms with Crippen molar-refractivity contribution in [3.05, 3.63) is 193 Å². The van der Waals surface area contributed by atoms with E-state index < -0.39 is 0 Å². The minimum absolute atomic E-state index is 0.798. The van der Waals surface area contributed by atoms with Crippen molar-refractivity contribution in [2.24, 2.45) is 0 Å². The maximum Gasteiger partial charge on any atom is 0.156 e. The summed E-state index contributed by atoms with van der Waals surface area (Å²) in [7, 11) is 0. The molecular weight excluding hydrogens is 657 g/mol. The molecule has 4 heteroatoms. The first kappa shape index (κ1) is 30.6.